The van der Waals surface area contributed by atoms with Gasteiger partial charge in [0.2, 0.25) is 0 Å². The Morgan fingerprint density at radius 2 is 1.54 bits per heavy atom. The standard InChI is InChI=1S/C22H36N2O2/c1-21(2,17-23-13-7-4-8-14-23)18-24-15-11-22(25,12-16-24)19-9-5-6-10-20(19)26-3/h5-6,9-10,25H,4,7-8,11-18H2,1-3H3. The van der Waals surface area contributed by atoms with E-state index in [0.717, 1.165) is 43.8 Å². The fraction of sp³-hybridized carbons (Fsp3) is 0.727. The van der Waals surface area contributed by atoms with Gasteiger partial charge < -0.3 is 19.6 Å². The van der Waals surface area contributed by atoms with Crippen LogP contribution in [-0.2, 0) is 5.60 Å². The Morgan fingerprint density at radius 1 is 0.962 bits per heavy atom. The lowest BCUT2D eigenvalue weighted by atomic mass is 9.82. The molecule has 3 rings (SSSR count). The molecule has 146 valence electrons. The Kier molecular flexibility index (Phi) is 6.26. The molecule has 0 saturated carbocycles. The second kappa shape index (κ2) is 8.28. The topological polar surface area (TPSA) is 35.9 Å². The zero-order chi connectivity index (χ0) is 18.6. The number of piperidine rings is 2. The van der Waals surface area contributed by atoms with Crippen molar-refractivity contribution in [1.29, 1.82) is 0 Å². The summed E-state index contributed by atoms with van der Waals surface area (Å²) in [5.41, 5.74) is 0.465. The summed E-state index contributed by atoms with van der Waals surface area (Å²) in [6.45, 7) is 11.5. The fourth-order valence-corrected chi connectivity index (χ4v) is 4.76. The van der Waals surface area contributed by atoms with E-state index >= 15 is 0 Å². The van der Waals surface area contributed by atoms with Gasteiger partial charge in [0.25, 0.3) is 0 Å². The molecule has 1 aromatic carbocycles. The molecule has 2 aliphatic heterocycles. The van der Waals surface area contributed by atoms with E-state index in [1.54, 1.807) is 7.11 Å². The minimum absolute atomic E-state index is 0.289. The Morgan fingerprint density at radius 3 is 2.15 bits per heavy atom. The first kappa shape index (κ1) is 19.7. The number of para-hydroxylation sites is 1. The maximum Gasteiger partial charge on any atom is 0.124 e. The molecular weight excluding hydrogens is 324 g/mol. The molecule has 26 heavy (non-hydrogen) atoms. The van der Waals surface area contributed by atoms with Crippen molar-refractivity contribution >= 4 is 0 Å². The number of hydrogen-bond acceptors (Lipinski definition) is 4. The predicted octanol–water partition coefficient (Wildman–Crippen LogP) is 3.49. The van der Waals surface area contributed by atoms with Crippen molar-refractivity contribution in [1.82, 2.24) is 9.80 Å². The van der Waals surface area contributed by atoms with Crippen molar-refractivity contribution < 1.29 is 9.84 Å². The van der Waals surface area contributed by atoms with Crippen LogP contribution in [0.15, 0.2) is 24.3 Å². The smallest absolute Gasteiger partial charge is 0.124 e. The van der Waals surface area contributed by atoms with Crippen LogP contribution in [0.2, 0.25) is 0 Å². The van der Waals surface area contributed by atoms with E-state index in [-0.39, 0.29) is 5.41 Å². The van der Waals surface area contributed by atoms with Gasteiger partial charge in [-0.3, -0.25) is 0 Å². The Balaban J connectivity index is 1.56. The molecular formula is C22H36N2O2. The van der Waals surface area contributed by atoms with Gasteiger partial charge in [-0.1, -0.05) is 38.5 Å². The Hall–Kier alpha value is -1.10. The SMILES string of the molecule is COc1ccccc1C1(O)CCN(CC(C)(C)CN2CCCCC2)CC1. The van der Waals surface area contributed by atoms with Gasteiger partial charge in [0.15, 0.2) is 0 Å². The first-order valence-electron chi connectivity index (χ1n) is 10.2. The van der Waals surface area contributed by atoms with E-state index in [0.29, 0.717) is 0 Å². The molecule has 0 unspecified atom stereocenters. The highest BCUT2D eigenvalue weighted by Gasteiger charge is 2.37. The van der Waals surface area contributed by atoms with Crippen LogP contribution in [0.3, 0.4) is 0 Å². The van der Waals surface area contributed by atoms with Gasteiger partial charge in [0.1, 0.15) is 5.75 Å². The third-order valence-corrected chi connectivity index (χ3v) is 6.04. The zero-order valence-corrected chi connectivity index (χ0v) is 16.8. The molecule has 2 saturated heterocycles. The third-order valence-electron chi connectivity index (χ3n) is 6.04. The van der Waals surface area contributed by atoms with Crippen LogP contribution in [-0.4, -0.2) is 61.3 Å². The first-order chi connectivity index (χ1) is 12.4. The van der Waals surface area contributed by atoms with Gasteiger partial charge >= 0.3 is 0 Å². The van der Waals surface area contributed by atoms with Crippen LogP contribution in [0.4, 0.5) is 0 Å². The number of nitrogens with zero attached hydrogens (tertiary/aromatic N) is 2. The van der Waals surface area contributed by atoms with Crippen LogP contribution in [0.5, 0.6) is 5.75 Å². The third kappa shape index (κ3) is 4.79. The Labute approximate surface area is 159 Å². The van der Waals surface area contributed by atoms with Crippen LogP contribution in [0, 0.1) is 5.41 Å². The lowest BCUT2D eigenvalue weighted by molar-refractivity contribution is -0.0362. The predicted molar refractivity (Wildman–Crippen MR) is 107 cm³/mol. The van der Waals surface area contributed by atoms with Crippen molar-refractivity contribution in [3.63, 3.8) is 0 Å². The van der Waals surface area contributed by atoms with Gasteiger partial charge in [-0.15, -0.1) is 0 Å². The summed E-state index contributed by atoms with van der Waals surface area (Å²) in [6.07, 6.45) is 5.64. The second-order valence-corrected chi connectivity index (χ2v) is 9.01. The van der Waals surface area contributed by atoms with E-state index < -0.39 is 5.60 Å². The molecule has 0 amide bonds. The van der Waals surface area contributed by atoms with Crippen molar-refractivity contribution in [3.05, 3.63) is 29.8 Å². The number of rotatable bonds is 6. The first-order valence-corrected chi connectivity index (χ1v) is 10.2. The average Bonchev–Trinajstić information content (AvgIpc) is 2.64. The number of ether oxygens (including phenoxy) is 1. The summed E-state index contributed by atoms with van der Waals surface area (Å²) in [5, 5.41) is 11.2. The zero-order valence-electron chi connectivity index (χ0n) is 16.8. The molecule has 1 N–H and O–H groups in total. The monoisotopic (exact) mass is 360 g/mol. The highest BCUT2D eigenvalue weighted by Crippen LogP contribution is 2.38. The Bertz CT molecular complexity index is 573. The van der Waals surface area contributed by atoms with Gasteiger partial charge in [0.05, 0.1) is 12.7 Å². The summed E-state index contributed by atoms with van der Waals surface area (Å²) in [6, 6.07) is 7.91. The van der Waals surface area contributed by atoms with Crippen molar-refractivity contribution in [2.24, 2.45) is 5.41 Å². The minimum atomic E-state index is -0.764. The minimum Gasteiger partial charge on any atom is -0.496 e. The highest BCUT2D eigenvalue weighted by molar-refractivity contribution is 5.38. The molecule has 0 bridgehead atoms. The van der Waals surface area contributed by atoms with Gasteiger partial charge in [0, 0.05) is 31.7 Å². The van der Waals surface area contributed by atoms with E-state index in [9.17, 15) is 5.11 Å². The lowest BCUT2D eigenvalue weighted by Crippen LogP contribution is -2.48. The average molecular weight is 361 g/mol. The van der Waals surface area contributed by atoms with E-state index in [4.69, 9.17) is 4.74 Å². The van der Waals surface area contributed by atoms with Crippen LogP contribution >= 0.6 is 0 Å². The molecule has 4 nitrogen and oxygen atoms in total. The molecule has 0 spiro atoms. The second-order valence-electron chi connectivity index (χ2n) is 9.01. The molecule has 0 atom stereocenters. The fourth-order valence-electron chi connectivity index (χ4n) is 4.76. The molecule has 2 heterocycles. The van der Waals surface area contributed by atoms with Gasteiger partial charge in [-0.05, 0) is 50.3 Å². The normalized spacial score (nSPS) is 22.3. The largest absolute Gasteiger partial charge is 0.496 e. The molecule has 0 radical (unpaired) electrons. The van der Waals surface area contributed by atoms with Gasteiger partial charge in [-0.2, -0.15) is 0 Å². The maximum absolute atomic E-state index is 11.2. The van der Waals surface area contributed by atoms with E-state index in [1.165, 1.54) is 38.9 Å². The molecule has 0 aliphatic carbocycles. The molecule has 2 aliphatic rings. The molecule has 2 fully saturated rings. The summed E-state index contributed by atoms with van der Waals surface area (Å²) in [5.74, 6) is 0.800. The van der Waals surface area contributed by atoms with Crippen LogP contribution in [0.1, 0.15) is 51.5 Å². The molecule has 0 aromatic heterocycles. The lowest BCUT2D eigenvalue weighted by Gasteiger charge is -2.43. The molecule has 4 heteroatoms. The van der Waals surface area contributed by atoms with Gasteiger partial charge in [-0.25, -0.2) is 0 Å². The summed E-state index contributed by atoms with van der Waals surface area (Å²) < 4.78 is 5.48. The number of benzene rings is 1. The molecule has 1 aromatic rings. The van der Waals surface area contributed by atoms with E-state index in [2.05, 4.69) is 23.6 Å². The number of likely N-dealkylation sites (tertiary alicyclic amines) is 2. The van der Waals surface area contributed by atoms with Crippen LogP contribution in [0.25, 0.3) is 0 Å². The number of hydrogen-bond donors (Lipinski definition) is 1. The quantitative estimate of drug-likeness (QED) is 0.842. The van der Waals surface area contributed by atoms with Crippen molar-refractivity contribution in [2.45, 2.75) is 51.6 Å². The van der Waals surface area contributed by atoms with E-state index in [1.807, 2.05) is 24.3 Å². The summed E-state index contributed by atoms with van der Waals surface area (Å²) in [7, 11) is 1.68. The summed E-state index contributed by atoms with van der Waals surface area (Å²) >= 11 is 0. The number of aliphatic hydroxyl groups is 1. The highest BCUT2D eigenvalue weighted by atomic mass is 16.5. The van der Waals surface area contributed by atoms with Crippen molar-refractivity contribution in [2.75, 3.05) is 46.4 Å². The summed E-state index contributed by atoms with van der Waals surface area (Å²) in [4.78, 5) is 5.17. The number of methoxy groups -OCH3 is 1. The maximum atomic E-state index is 11.2. The van der Waals surface area contributed by atoms with Crippen molar-refractivity contribution in [3.8, 4) is 5.75 Å². The van der Waals surface area contributed by atoms with Crippen LogP contribution < -0.4 is 4.74 Å².